The van der Waals surface area contributed by atoms with E-state index >= 15 is 0 Å². The first-order chi connectivity index (χ1) is 6.97. The third-order valence-electron chi connectivity index (χ3n) is 2.06. The number of ether oxygens (including phenoxy) is 1. The lowest BCUT2D eigenvalue weighted by Gasteiger charge is -2.12. The highest BCUT2D eigenvalue weighted by Gasteiger charge is 2.15. The maximum absolute atomic E-state index is 10.5. The number of methoxy groups -OCH3 is 1. The predicted octanol–water partition coefficient (Wildman–Crippen LogP) is 2.10. The van der Waals surface area contributed by atoms with Crippen LogP contribution < -0.4 is 4.74 Å². The molecule has 0 aliphatic heterocycles. The monoisotopic (exact) mass is 274 g/mol. The van der Waals surface area contributed by atoms with Crippen LogP contribution in [0.1, 0.15) is 11.1 Å². The van der Waals surface area contributed by atoms with Gasteiger partial charge in [0.1, 0.15) is 11.5 Å². The summed E-state index contributed by atoms with van der Waals surface area (Å²) < 4.78 is 5.70. The van der Waals surface area contributed by atoms with Crippen LogP contribution in [0.25, 0.3) is 0 Å². The molecule has 0 heterocycles. The van der Waals surface area contributed by atoms with Gasteiger partial charge in [-0.3, -0.25) is 4.79 Å². The molecule has 4 nitrogen and oxygen atoms in total. The van der Waals surface area contributed by atoms with Crippen LogP contribution in [0.5, 0.6) is 11.5 Å². The highest BCUT2D eigenvalue weighted by Crippen LogP contribution is 2.37. The van der Waals surface area contributed by atoms with E-state index in [-0.39, 0.29) is 12.2 Å². The molecule has 0 fully saturated rings. The third-order valence-corrected chi connectivity index (χ3v) is 2.65. The summed E-state index contributed by atoms with van der Waals surface area (Å²) in [5.74, 6) is -0.499. The maximum Gasteiger partial charge on any atom is 0.307 e. The van der Waals surface area contributed by atoms with E-state index in [0.29, 0.717) is 21.3 Å². The highest BCUT2D eigenvalue weighted by atomic mass is 79.9. The van der Waals surface area contributed by atoms with E-state index in [1.54, 1.807) is 13.0 Å². The fraction of sp³-hybridized carbons (Fsp3) is 0.300. The van der Waals surface area contributed by atoms with Crippen LogP contribution in [-0.4, -0.2) is 23.3 Å². The van der Waals surface area contributed by atoms with Crippen molar-refractivity contribution in [2.45, 2.75) is 13.3 Å². The van der Waals surface area contributed by atoms with E-state index in [1.165, 1.54) is 7.11 Å². The molecule has 0 aliphatic carbocycles. The normalized spacial score (nSPS) is 10.1. The summed E-state index contributed by atoms with van der Waals surface area (Å²) in [6, 6.07) is 1.55. The Morgan fingerprint density at radius 1 is 1.60 bits per heavy atom. The first-order valence-corrected chi connectivity index (χ1v) is 5.03. The zero-order valence-electron chi connectivity index (χ0n) is 8.37. The molecule has 0 saturated carbocycles. The van der Waals surface area contributed by atoms with Gasteiger partial charge in [0.15, 0.2) is 0 Å². The number of phenols is 1. The van der Waals surface area contributed by atoms with E-state index in [9.17, 15) is 9.90 Å². The Bertz CT molecular complexity index is 401. The van der Waals surface area contributed by atoms with Crippen LogP contribution in [0.2, 0.25) is 0 Å². The number of carboxylic acids is 1. The molecule has 0 unspecified atom stereocenters. The van der Waals surface area contributed by atoms with Crippen LogP contribution in [0.15, 0.2) is 10.5 Å². The van der Waals surface area contributed by atoms with Crippen molar-refractivity contribution in [2.24, 2.45) is 0 Å². The Morgan fingerprint density at radius 2 is 2.20 bits per heavy atom. The van der Waals surface area contributed by atoms with E-state index < -0.39 is 5.97 Å². The zero-order chi connectivity index (χ0) is 11.6. The molecule has 0 atom stereocenters. The first kappa shape index (κ1) is 11.8. The third kappa shape index (κ3) is 2.41. The van der Waals surface area contributed by atoms with Crippen LogP contribution in [0, 0.1) is 6.92 Å². The number of phenolic OH excluding ortho intramolecular Hbond substituents is 1. The second kappa shape index (κ2) is 4.53. The molecule has 0 bridgehead atoms. The van der Waals surface area contributed by atoms with Crippen molar-refractivity contribution in [3.8, 4) is 11.5 Å². The van der Waals surface area contributed by atoms with E-state index in [1.807, 2.05) is 0 Å². The van der Waals surface area contributed by atoms with Crippen LogP contribution >= 0.6 is 15.9 Å². The largest absolute Gasteiger partial charge is 0.507 e. The van der Waals surface area contributed by atoms with Gasteiger partial charge >= 0.3 is 5.97 Å². The Hall–Kier alpha value is -1.23. The molecule has 0 aromatic heterocycles. The smallest absolute Gasteiger partial charge is 0.307 e. The number of aromatic hydroxyl groups is 1. The minimum absolute atomic E-state index is 0.0301. The zero-order valence-corrected chi connectivity index (χ0v) is 9.96. The molecule has 2 N–H and O–H groups in total. The number of halogens is 1. The number of hydrogen-bond acceptors (Lipinski definition) is 3. The molecule has 0 saturated heterocycles. The van der Waals surface area contributed by atoms with Crippen molar-refractivity contribution in [1.29, 1.82) is 0 Å². The van der Waals surface area contributed by atoms with E-state index in [4.69, 9.17) is 9.84 Å². The molecule has 5 heteroatoms. The second-order valence-corrected chi connectivity index (χ2v) is 3.95. The predicted molar refractivity (Wildman–Crippen MR) is 58.4 cm³/mol. The SMILES string of the molecule is COc1c(Br)cc(CC(=O)O)c(O)c1C. The molecular formula is C10H11BrO4. The summed E-state index contributed by atoms with van der Waals surface area (Å²) in [6.45, 7) is 1.67. The van der Waals surface area contributed by atoms with Gasteiger partial charge in [0, 0.05) is 11.1 Å². The molecule has 0 amide bonds. The lowest BCUT2D eigenvalue weighted by molar-refractivity contribution is -0.136. The number of carboxylic acid groups (broad SMARTS) is 1. The minimum atomic E-state index is -0.984. The average molecular weight is 275 g/mol. The summed E-state index contributed by atoms with van der Waals surface area (Å²) in [5.41, 5.74) is 0.899. The molecule has 1 aromatic rings. The summed E-state index contributed by atoms with van der Waals surface area (Å²) in [6.07, 6.45) is -0.213. The molecular weight excluding hydrogens is 264 g/mol. The number of carbonyl (C=O) groups is 1. The molecule has 82 valence electrons. The van der Waals surface area contributed by atoms with Gasteiger partial charge in [-0.15, -0.1) is 0 Å². The highest BCUT2D eigenvalue weighted by molar-refractivity contribution is 9.10. The van der Waals surface area contributed by atoms with Crippen molar-refractivity contribution < 1.29 is 19.7 Å². The van der Waals surface area contributed by atoms with Gasteiger partial charge in [-0.1, -0.05) is 0 Å². The molecule has 0 aliphatic rings. The van der Waals surface area contributed by atoms with Gasteiger partial charge in [-0.2, -0.15) is 0 Å². The quantitative estimate of drug-likeness (QED) is 0.886. The van der Waals surface area contributed by atoms with Crippen molar-refractivity contribution in [1.82, 2.24) is 0 Å². The lowest BCUT2D eigenvalue weighted by atomic mass is 10.1. The summed E-state index contributed by atoms with van der Waals surface area (Å²) in [7, 11) is 1.49. The molecule has 1 aromatic carbocycles. The molecule has 0 radical (unpaired) electrons. The molecule has 1 rings (SSSR count). The fourth-order valence-corrected chi connectivity index (χ4v) is 2.10. The van der Waals surface area contributed by atoms with Crippen molar-refractivity contribution in [3.63, 3.8) is 0 Å². The van der Waals surface area contributed by atoms with Gasteiger partial charge in [-0.25, -0.2) is 0 Å². The van der Waals surface area contributed by atoms with Gasteiger partial charge in [0.2, 0.25) is 0 Å². The lowest BCUT2D eigenvalue weighted by Crippen LogP contribution is -2.02. The van der Waals surface area contributed by atoms with Crippen molar-refractivity contribution >= 4 is 21.9 Å². The van der Waals surface area contributed by atoms with Crippen LogP contribution in [-0.2, 0) is 11.2 Å². The van der Waals surface area contributed by atoms with Gasteiger partial charge in [-0.05, 0) is 28.9 Å². The Kier molecular flexibility index (Phi) is 3.57. The fourth-order valence-electron chi connectivity index (χ4n) is 1.36. The molecule has 0 spiro atoms. The average Bonchev–Trinajstić information content (AvgIpc) is 2.14. The number of rotatable bonds is 3. The second-order valence-electron chi connectivity index (χ2n) is 3.09. The van der Waals surface area contributed by atoms with E-state index in [2.05, 4.69) is 15.9 Å². The van der Waals surface area contributed by atoms with Gasteiger partial charge < -0.3 is 14.9 Å². The van der Waals surface area contributed by atoms with Crippen LogP contribution in [0.4, 0.5) is 0 Å². The maximum atomic E-state index is 10.5. The molecule has 15 heavy (non-hydrogen) atoms. The Morgan fingerprint density at radius 3 is 2.67 bits per heavy atom. The number of aliphatic carboxylic acids is 1. The van der Waals surface area contributed by atoms with E-state index in [0.717, 1.165) is 0 Å². The number of hydrogen-bond donors (Lipinski definition) is 2. The van der Waals surface area contributed by atoms with Crippen molar-refractivity contribution in [2.75, 3.05) is 7.11 Å². The standard InChI is InChI=1S/C10H11BrO4/c1-5-9(14)6(4-8(12)13)3-7(11)10(5)15-2/h3,14H,4H2,1-2H3,(H,12,13). The summed E-state index contributed by atoms with van der Waals surface area (Å²) >= 11 is 3.25. The minimum Gasteiger partial charge on any atom is -0.507 e. The van der Waals surface area contributed by atoms with Gasteiger partial charge in [0.05, 0.1) is 18.0 Å². The Labute approximate surface area is 95.6 Å². The number of benzene rings is 1. The first-order valence-electron chi connectivity index (χ1n) is 4.24. The Balaban J connectivity index is 3.27. The van der Waals surface area contributed by atoms with Crippen LogP contribution in [0.3, 0.4) is 0 Å². The van der Waals surface area contributed by atoms with Crippen molar-refractivity contribution in [3.05, 3.63) is 21.7 Å². The summed E-state index contributed by atoms with van der Waals surface area (Å²) in [4.78, 5) is 10.5. The van der Waals surface area contributed by atoms with Gasteiger partial charge in [0.25, 0.3) is 0 Å². The topological polar surface area (TPSA) is 66.8 Å². The summed E-state index contributed by atoms with van der Waals surface area (Å²) in [5, 5.41) is 18.4.